The molecule has 27 heavy (non-hydrogen) atoms. The molecule has 1 aliphatic heterocycles. The van der Waals surface area contributed by atoms with Gasteiger partial charge in [-0.3, -0.25) is 14.4 Å². The first-order valence-corrected chi connectivity index (χ1v) is 9.14. The Morgan fingerprint density at radius 2 is 1.85 bits per heavy atom. The highest BCUT2D eigenvalue weighted by atomic mass is 19.1. The highest BCUT2D eigenvalue weighted by Crippen LogP contribution is 2.24. The minimum absolute atomic E-state index is 0.0668. The van der Waals surface area contributed by atoms with Crippen LogP contribution in [0.5, 0.6) is 0 Å². The third kappa shape index (κ3) is 5.77. The molecular formula is C20H27FN2O4. The maximum absolute atomic E-state index is 13.2. The third-order valence-electron chi connectivity index (χ3n) is 4.51. The minimum atomic E-state index is -0.991. The molecule has 0 aliphatic carbocycles. The van der Waals surface area contributed by atoms with Gasteiger partial charge in [0.15, 0.2) is 6.10 Å². The molecule has 2 rings (SSSR count). The molecule has 1 aliphatic rings. The number of benzene rings is 1. The zero-order valence-electron chi connectivity index (χ0n) is 16.3. The van der Waals surface area contributed by atoms with Gasteiger partial charge in [0.2, 0.25) is 5.91 Å². The average molecular weight is 378 g/mol. The molecule has 2 amide bonds. The van der Waals surface area contributed by atoms with Gasteiger partial charge in [-0.05, 0) is 38.0 Å². The average Bonchev–Trinajstić information content (AvgIpc) is 2.60. The molecule has 1 aromatic rings. The van der Waals surface area contributed by atoms with Crippen LogP contribution in [0.1, 0.15) is 40.5 Å². The van der Waals surface area contributed by atoms with Crippen molar-refractivity contribution in [3.63, 3.8) is 0 Å². The number of nitrogens with one attached hydrogen (secondary N) is 1. The second-order valence-corrected chi connectivity index (χ2v) is 7.90. The summed E-state index contributed by atoms with van der Waals surface area (Å²) in [6.07, 6.45) is 0.0348. The fourth-order valence-corrected chi connectivity index (χ4v) is 2.93. The van der Waals surface area contributed by atoms with Crippen molar-refractivity contribution in [1.29, 1.82) is 0 Å². The molecule has 0 aromatic heterocycles. The smallest absolute Gasteiger partial charge is 0.309 e. The summed E-state index contributed by atoms with van der Waals surface area (Å²) in [6.45, 7) is 8.09. The highest BCUT2D eigenvalue weighted by Gasteiger charge is 2.33. The van der Waals surface area contributed by atoms with Crippen LogP contribution in [0.4, 0.5) is 10.1 Å². The van der Waals surface area contributed by atoms with Crippen LogP contribution in [-0.2, 0) is 19.1 Å². The standard InChI is InChI=1S/C20H27FN2O4/c1-13(17(24)22-16-7-5-6-15(21)12-16)27-18(25)14-8-10-23(11-9-14)19(26)20(2,3)4/h5-7,12-14H,8-11H2,1-4H3,(H,22,24)/t13-/m1/s1. The maximum Gasteiger partial charge on any atom is 0.309 e. The van der Waals surface area contributed by atoms with E-state index in [2.05, 4.69) is 5.32 Å². The normalized spacial score (nSPS) is 16.6. The van der Waals surface area contributed by atoms with E-state index in [1.165, 1.54) is 25.1 Å². The number of nitrogens with zero attached hydrogens (tertiary/aromatic N) is 1. The summed E-state index contributed by atoms with van der Waals surface area (Å²) in [7, 11) is 0. The lowest BCUT2D eigenvalue weighted by Crippen LogP contribution is -2.45. The molecule has 1 aromatic carbocycles. The van der Waals surface area contributed by atoms with E-state index < -0.39 is 29.2 Å². The van der Waals surface area contributed by atoms with Crippen molar-refractivity contribution in [1.82, 2.24) is 4.90 Å². The quantitative estimate of drug-likeness (QED) is 0.818. The molecule has 1 fully saturated rings. The second-order valence-electron chi connectivity index (χ2n) is 7.90. The lowest BCUT2D eigenvalue weighted by atomic mass is 9.91. The third-order valence-corrected chi connectivity index (χ3v) is 4.51. The Kier molecular flexibility index (Phi) is 6.57. The highest BCUT2D eigenvalue weighted by molar-refractivity contribution is 5.95. The van der Waals surface area contributed by atoms with Crippen molar-refractivity contribution in [2.24, 2.45) is 11.3 Å². The predicted molar refractivity (Wildman–Crippen MR) is 99.3 cm³/mol. The van der Waals surface area contributed by atoms with Gasteiger partial charge in [0.25, 0.3) is 5.91 Å². The summed E-state index contributed by atoms with van der Waals surface area (Å²) < 4.78 is 18.4. The van der Waals surface area contributed by atoms with Crippen LogP contribution in [0.3, 0.4) is 0 Å². The number of hydrogen-bond donors (Lipinski definition) is 1. The van der Waals surface area contributed by atoms with E-state index in [0.29, 0.717) is 31.6 Å². The summed E-state index contributed by atoms with van der Waals surface area (Å²) in [5.74, 6) is -1.70. The fraction of sp³-hybridized carbons (Fsp3) is 0.550. The molecule has 0 unspecified atom stereocenters. The summed E-state index contributed by atoms with van der Waals surface area (Å²) in [6, 6.07) is 5.50. The summed E-state index contributed by atoms with van der Waals surface area (Å²) in [4.78, 5) is 38.5. The molecule has 1 saturated heterocycles. The summed E-state index contributed by atoms with van der Waals surface area (Å²) in [5, 5.41) is 2.52. The predicted octanol–water partition coefficient (Wildman–Crippen LogP) is 2.98. The van der Waals surface area contributed by atoms with Crippen LogP contribution in [0.2, 0.25) is 0 Å². The molecule has 1 atom stereocenters. The van der Waals surface area contributed by atoms with Gasteiger partial charge in [-0.25, -0.2) is 4.39 Å². The number of anilines is 1. The first-order valence-electron chi connectivity index (χ1n) is 9.14. The van der Waals surface area contributed by atoms with Crippen LogP contribution in [0, 0.1) is 17.2 Å². The van der Waals surface area contributed by atoms with E-state index in [9.17, 15) is 18.8 Å². The largest absolute Gasteiger partial charge is 0.452 e. The van der Waals surface area contributed by atoms with Crippen molar-refractivity contribution < 1.29 is 23.5 Å². The first kappa shape index (κ1) is 20.9. The van der Waals surface area contributed by atoms with E-state index in [-0.39, 0.29) is 11.8 Å². The fourth-order valence-electron chi connectivity index (χ4n) is 2.93. The summed E-state index contributed by atoms with van der Waals surface area (Å²) in [5.41, 5.74) is -0.145. The molecule has 0 spiro atoms. The molecule has 7 heteroatoms. The van der Waals surface area contributed by atoms with E-state index in [0.717, 1.165) is 0 Å². The SMILES string of the molecule is C[C@@H](OC(=O)C1CCN(C(=O)C(C)(C)C)CC1)C(=O)Nc1cccc(F)c1. The van der Waals surface area contributed by atoms with Gasteiger partial charge in [-0.2, -0.15) is 0 Å². The van der Waals surface area contributed by atoms with Gasteiger partial charge >= 0.3 is 5.97 Å². The van der Waals surface area contributed by atoms with Crippen molar-refractivity contribution in [2.45, 2.75) is 46.6 Å². The van der Waals surface area contributed by atoms with Crippen molar-refractivity contribution in [2.75, 3.05) is 18.4 Å². The molecule has 1 N–H and O–H groups in total. The zero-order chi connectivity index (χ0) is 20.2. The Bertz CT molecular complexity index is 706. The van der Waals surface area contributed by atoms with Crippen LogP contribution < -0.4 is 5.32 Å². The number of piperidine rings is 1. The molecule has 0 saturated carbocycles. The molecule has 0 bridgehead atoms. The van der Waals surface area contributed by atoms with Crippen LogP contribution >= 0.6 is 0 Å². The second kappa shape index (κ2) is 8.50. The van der Waals surface area contributed by atoms with E-state index in [1.54, 1.807) is 11.0 Å². The van der Waals surface area contributed by atoms with Gasteiger partial charge in [-0.1, -0.05) is 26.8 Å². The van der Waals surface area contributed by atoms with E-state index >= 15 is 0 Å². The maximum atomic E-state index is 13.2. The number of likely N-dealkylation sites (tertiary alicyclic amines) is 1. The molecule has 1 heterocycles. The minimum Gasteiger partial charge on any atom is -0.452 e. The number of halogens is 1. The Hall–Kier alpha value is -2.44. The molecular weight excluding hydrogens is 351 g/mol. The Labute approximate surface area is 159 Å². The topological polar surface area (TPSA) is 75.7 Å². The number of ether oxygens (including phenoxy) is 1. The zero-order valence-corrected chi connectivity index (χ0v) is 16.3. The molecule has 6 nitrogen and oxygen atoms in total. The monoisotopic (exact) mass is 378 g/mol. The van der Waals surface area contributed by atoms with Gasteiger partial charge in [0, 0.05) is 24.2 Å². The van der Waals surface area contributed by atoms with Crippen LogP contribution in [0.25, 0.3) is 0 Å². The number of carbonyl (C=O) groups excluding carboxylic acids is 3. The summed E-state index contributed by atoms with van der Waals surface area (Å²) >= 11 is 0. The van der Waals surface area contributed by atoms with E-state index in [1.807, 2.05) is 20.8 Å². The van der Waals surface area contributed by atoms with Gasteiger partial charge in [0.1, 0.15) is 5.82 Å². The van der Waals surface area contributed by atoms with Crippen molar-refractivity contribution >= 4 is 23.5 Å². The first-order chi connectivity index (χ1) is 12.6. The number of rotatable bonds is 4. The van der Waals surface area contributed by atoms with E-state index in [4.69, 9.17) is 4.74 Å². The van der Waals surface area contributed by atoms with Gasteiger partial charge < -0.3 is 15.0 Å². The Morgan fingerprint density at radius 3 is 2.41 bits per heavy atom. The lowest BCUT2D eigenvalue weighted by Gasteiger charge is -2.35. The van der Waals surface area contributed by atoms with Gasteiger partial charge in [0.05, 0.1) is 5.92 Å². The molecule has 0 radical (unpaired) electrons. The van der Waals surface area contributed by atoms with Crippen LogP contribution in [0.15, 0.2) is 24.3 Å². The van der Waals surface area contributed by atoms with Crippen molar-refractivity contribution in [3.8, 4) is 0 Å². The Balaban J connectivity index is 1.83. The number of carbonyl (C=O) groups is 3. The number of amides is 2. The lowest BCUT2D eigenvalue weighted by molar-refractivity contribution is -0.160. The van der Waals surface area contributed by atoms with Crippen LogP contribution in [-0.4, -0.2) is 41.9 Å². The van der Waals surface area contributed by atoms with Gasteiger partial charge in [-0.15, -0.1) is 0 Å². The molecule has 148 valence electrons. The van der Waals surface area contributed by atoms with Crippen molar-refractivity contribution in [3.05, 3.63) is 30.1 Å². The number of hydrogen-bond acceptors (Lipinski definition) is 4. The number of esters is 1. The Morgan fingerprint density at radius 1 is 1.22 bits per heavy atom.